The molecule has 7 nitrogen and oxygen atoms in total. The largest absolute Gasteiger partial charge is 0.497 e. The lowest BCUT2D eigenvalue weighted by molar-refractivity contribution is 0.414. The molecule has 0 radical (unpaired) electrons. The second-order valence-corrected chi connectivity index (χ2v) is 4.83. The average Bonchev–Trinajstić information content (AvgIpc) is 3.14. The third kappa shape index (κ3) is 3.67. The third-order valence-electron chi connectivity index (χ3n) is 3.36. The van der Waals surface area contributed by atoms with Crippen molar-refractivity contribution >= 4 is 29.9 Å². The molecule has 1 aliphatic heterocycles. The van der Waals surface area contributed by atoms with Crippen molar-refractivity contribution in [2.75, 3.05) is 27.2 Å². The van der Waals surface area contributed by atoms with Crippen molar-refractivity contribution in [3.05, 3.63) is 36.2 Å². The molecule has 0 atom stereocenters. The lowest BCUT2D eigenvalue weighted by Crippen LogP contribution is -2.35. The van der Waals surface area contributed by atoms with Gasteiger partial charge in [0.1, 0.15) is 11.4 Å². The van der Waals surface area contributed by atoms with Crippen LogP contribution >= 0.6 is 24.0 Å². The summed E-state index contributed by atoms with van der Waals surface area (Å²) >= 11 is 0. The summed E-state index contributed by atoms with van der Waals surface area (Å²) in [6.07, 6.45) is 1.91. The number of guanidine groups is 1. The predicted octanol–water partition coefficient (Wildman–Crippen LogP) is 1.28. The molecule has 2 aromatic rings. The molecule has 3 rings (SSSR count). The van der Waals surface area contributed by atoms with E-state index in [0.717, 1.165) is 36.2 Å². The van der Waals surface area contributed by atoms with Crippen molar-refractivity contribution in [1.82, 2.24) is 25.2 Å². The summed E-state index contributed by atoms with van der Waals surface area (Å²) in [6.45, 7) is 2.41. The number of nitrogens with one attached hydrogen (secondary N) is 1. The van der Waals surface area contributed by atoms with E-state index in [-0.39, 0.29) is 24.0 Å². The summed E-state index contributed by atoms with van der Waals surface area (Å²) in [5.74, 6) is 1.73. The molecule has 0 bridgehead atoms. The summed E-state index contributed by atoms with van der Waals surface area (Å²) < 4.78 is 6.89. The smallest absolute Gasteiger partial charge is 0.194 e. The normalized spacial score (nSPS) is 13.5. The van der Waals surface area contributed by atoms with Gasteiger partial charge in [0, 0.05) is 13.6 Å². The molecule has 1 N–H and O–H groups in total. The van der Waals surface area contributed by atoms with E-state index in [9.17, 15) is 0 Å². The number of nitrogens with zero attached hydrogens (tertiary/aromatic N) is 5. The fourth-order valence-electron chi connectivity index (χ4n) is 2.13. The molecule has 0 unspecified atom stereocenters. The number of hydrogen-bond acceptors (Lipinski definition) is 6. The molecule has 1 aromatic carbocycles. The number of methoxy groups -OCH3 is 1. The van der Waals surface area contributed by atoms with Gasteiger partial charge in [-0.15, -0.1) is 29.1 Å². The molecule has 0 saturated carbocycles. The number of aromatic nitrogens is 3. The van der Waals surface area contributed by atoms with Crippen molar-refractivity contribution in [3.8, 4) is 11.4 Å². The summed E-state index contributed by atoms with van der Waals surface area (Å²) in [6, 6.07) is 7.69. The minimum atomic E-state index is 0. The van der Waals surface area contributed by atoms with E-state index in [1.807, 2.05) is 37.5 Å². The Morgan fingerprint density at radius 2 is 2.05 bits per heavy atom. The Morgan fingerprint density at radius 3 is 2.68 bits per heavy atom. The van der Waals surface area contributed by atoms with Crippen molar-refractivity contribution in [2.24, 2.45) is 4.99 Å². The van der Waals surface area contributed by atoms with Gasteiger partial charge in [0.25, 0.3) is 0 Å². The van der Waals surface area contributed by atoms with Crippen LogP contribution in [-0.4, -0.2) is 53.1 Å². The first-order valence-corrected chi connectivity index (χ1v) is 6.81. The van der Waals surface area contributed by atoms with Crippen molar-refractivity contribution in [3.63, 3.8) is 0 Å². The molecule has 0 saturated heterocycles. The Morgan fingerprint density at radius 1 is 1.27 bits per heavy atom. The molecule has 0 amide bonds. The van der Waals surface area contributed by atoms with E-state index < -0.39 is 0 Å². The average molecular weight is 414 g/mol. The molecule has 22 heavy (non-hydrogen) atoms. The van der Waals surface area contributed by atoms with Crippen molar-refractivity contribution < 1.29 is 4.74 Å². The first-order chi connectivity index (χ1) is 10.3. The first-order valence-electron chi connectivity index (χ1n) is 6.81. The van der Waals surface area contributed by atoms with E-state index in [1.54, 1.807) is 11.8 Å². The van der Waals surface area contributed by atoms with Gasteiger partial charge in [-0.25, -0.2) is 4.68 Å². The third-order valence-corrected chi connectivity index (χ3v) is 3.36. The quantitative estimate of drug-likeness (QED) is 0.764. The maximum atomic E-state index is 5.14. The van der Waals surface area contributed by atoms with E-state index in [1.165, 1.54) is 0 Å². The van der Waals surface area contributed by atoms with E-state index >= 15 is 0 Å². The predicted molar refractivity (Wildman–Crippen MR) is 95.1 cm³/mol. The number of halogens is 1. The summed E-state index contributed by atoms with van der Waals surface area (Å²) in [5.41, 5.74) is 1.82. The van der Waals surface area contributed by atoms with Crippen LogP contribution < -0.4 is 10.1 Å². The highest BCUT2D eigenvalue weighted by Gasteiger charge is 2.12. The van der Waals surface area contributed by atoms with Gasteiger partial charge >= 0.3 is 0 Å². The van der Waals surface area contributed by atoms with Gasteiger partial charge in [0.2, 0.25) is 0 Å². The Hall–Kier alpha value is -1.84. The van der Waals surface area contributed by atoms with Gasteiger partial charge < -0.3 is 15.0 Å². The zero-order valence-corrected chi connectivity index (χ0v) is 14.9. The molecule has 2 heterocycles. The lowest BCUT2D eigenvalue weighted by Gasteiger charge is -2.13. The maximum Gasteiger partial charge on any atom is 0.194 e. The highest BCUT2D eigenvalue weighted by atomic mass is 127. The number of rotatable bonds is 4. The Balaban J connectivity index is 0.00000176. The van der Waals surface area contributed by atoms with Crippen molar-refractivity contribution in [1.29, 1.82) is 0 Å². The number of likely N-dealkylation sites (N-methyl/N-ethyl adjacent to an activating group) is 1. The number of ether oxygens (including phenoxy) is 1. The Bertz CT molecular complexity index is 639. The van der Waals surface area contributed by atoms with Crippen LogP contribution in [0.5, 0.6) is 5.75 Å². The molecular weight excluding hydrogens is 395 g/mol. The Kier molecular flexibility index (Phi) is 5.58. The molecule has 0 fully saturated rings. The van der Waals surface area contributed by atoms with Crippen LogP contribution in [0.1, 0.15) is 5.69 Å². The molecule has 0 spiro atoms. The van der Waals surface area contributed by atoms with E-state index in [0.29, 0.717) is 6.54 Å². The second kappa shape index (κ2) is 7.43. The van der Waals surface area contributed by atoms with Gasteiger partial charge in [-0.05, 0) is 24.3 Å². The van der Waals surface area contributed by atoms with Gasteiger partial charge in [0.05, 0.1) is 32.1 Å². The zero-order chi connectivity index (χ0) is 14.7. The topological polar surface area (TPSA) is 67.6 Å². The van der Waals surface area contributed by atoms with Crippen LogP contribution in [-0.2, 0) is 6.54 Å². The van der Waals surface area contributed by atoms with Gasteiger partial charge in [0.15, 0.2) is 5.96 Å². The van der Waals surface area contributed by atoms with Crippen LogP contribution in [0, 0.1) is 0 Å². The SMILES string of the molecule is COc1ccc(-n2cc(CNC3=NCCN3C)nn2)cc1.I. The number of benzene rings is 1. The van der Waals surface area contributed by atoms with Crippen LogP contribution in [0.2, 0.25) is 0 Å². The molecule has 8 heteroatoms. The van der Waals surface area contributed by atoms with Crippen LogP contribution in [0.3, 0.4) is 0 Å². The van der Waals surface area contributed by atoms with E-state index in [4.69, 9.17) is 4.74 Å². The maximum absolute atomic E-state index is 5.14. The van der Waals surface area contributed by atoms with Crippen LogP contribution in [0.4, 0.5) is 0 Å². The summed E-state index contributed by atoms with van der Waals surface area (Å²) in [4.78, 5) is 6.47. The molecule has 118 valence electrons. The monoisotopic (exact) mass is 414 g/mol. The highest BCUT2D eigenvalue weighted by molar-refractivity contribution is 14.0. The Labute approximate surface area is 146 Å². The lowest BCUT2D eigenvalue weighted by atomic mass is 10.3. The molecule has 1 aromatic heterocycles. The summed E-state index contributed by atoms with van der Waals surface area (Å²) in [5, 5.41) is 11.6. The van der Waals surface area contributed by atoms with Crippen LogP contribution in [0.25, 0.3) is 5.69 Å². The molecular formula is C14H19IN6O. The van der Waals surface area contributed by atoms with E-state index in [2.05, 4.69) is 25.5 Å². The number of aliphatic imine (C=N–C) groups is 1. The highest BCUT2D eigenvalue weighted by Crippen LogP contribution is 2.14. The minimum Gasteiger partial charge on any atom is -0.497 e. The van der Waals surface area contributed by atoms with Gasteiger partial charge in [-0.3, -0.25) is 4.99 Å². The molecule has 0 aliphatic carbocycles. The van der Waals surface area contributed by atoms with Crippen LogP contribution in [0.15, 0.2) is 35.5 Å². The fraction of sp³-hybridized carbons (Fsp3) is 0.357. The van der Waals surface area contributed by atoms with Crippen molar-refractivity contribution in [2.45, 2.75) is 6.54 Å². The summed E-state index contributed by atoms with van der Waals surface area (Å²) in [7, 11) is 3.67. The standard InChI is InChI=1S/C14H18N6O.HI/c1-19-8-7-15-14(19)16-9-11-10-20(18-17-11)12-3-5-13(21-2)6-4-12;/h3-6,10H,7-9H2,1-2H3,(H,15,16);1H. The minimum absolute atomic E-state index is 0. The fourth-order valence-corrected chi connectivity index (χ4v) is 2.13. The van der Waals surface area contributed by atoms with Gasteiger partial charge in [-0.1, -0.05) is 5.21 Å². The zero-order valence-electron chi connectivity index (χ0n) is 12.6. The first kappa shape index (κ1) is 16.5. The molecule has 1 aliphatic rings. The van der Waals surface area contributed by atoms with Gasteiger partial charge in [-0.2, -0.15) is 0 Å². The number of hydrogen-bond donors (Lipinski definition) is 1. The second-order valence-electron chi connectivity index (χ2n) is 4.83.